The maximum Gasteiger partial charge on any atom is 0.248 e. The molecule has 0 atom stereocenters. The van der Waals surface area contributed by atoms with Gasteiger partial charge in [0.2, 0.25) is 11.1 Å². The number of aromatic amines is 2. The molecule has 0 saturated heterocycles. The van der Waals surface area contributed by atoms with Gasteiger partial charge in [0.1, 0.15) is 11.5 Å². The second-order valence-electron chi connectivity index (χ2n) is 7.46. The molecule has 0 fully saturated rings. The average Bonchev–Trinajstić information content (AvgIpc) is 2.79. The average molecular weight is 488 g/mol. The van der Waals surface area contributed by atoms with E-state index in [1.54, 1.807) is 36.4 Å². The van der Waals surface area contributed by atoms with E-state index in [0.717, 1.165) is 21.5 Å². The minimum absolute atomic E-state index is 0. The van der Waals surface area contributed by atoms with Gasteiger partial charge in [0.05, 0.1) is 11.0 Å². The van der Waals surface area contributed by atoms with E-state index in [-0.39, 0.29) is 42.1 Å². The van der Waals surface area contributed by atoms with E-state index in [1.807, 2.05) is 36.4 Å². The van der Waals surface area contributed by atoms with Crippen molar-refractivity contribution in [3.63, 3.8) is 0 Å². The van der Waals surface area contributed by atoms with Crippen molar-refractivity contribution in [2.75, 3.05) is 0 Å². The Labute approximate surface area is 199 Å². The molecule has 0 amide bonds. The van der Waals surface area contributed by atoms with Gasteiger partial charge in [0.15, 0.2) is 0 Å². The van der Waals surface area contributed by atoms with Gasteiger partial charge in [-0.05, 0) is 45.8 Å². The zero-order chi connectivity index (χ0) is 22.2. The Morgan fingerprint density at radius 2 is 0.848 bits per heavy atom. The van der Waals surface area contributed by atoms with E-state index in [9.17, 15) is 19.8 Å². The molecule has 158 valence electrons. The Hall–Kier alpha value is -3.96. The fourth-order valence-corrected chi connectivity index (χ4v) is 3.96. The Kier molecular flexibility index (Phi) is 5.99. The van der Waals surface area contributed by atoms with Crippen LogP contribution in [0.4, 0.5) is 0 Å². The number of H-pyrrole nitrogens is 2. The monoisotopic (exact) mass is 486 g/mol. The summed E-state index contributed by atoms with van der Waals surface area (Å²) in [5.74, 6) is 0.370. The van der Waals surface area contributed by atoms with Crippen LogP contribution in [0, 0.1) is 0 Å². The number of pyridine rings is 2. The number of phenols is 2. The molecule has 4 aromatic carbocycles. The number of hydrogen-bond donors (Lipinski definition) is 4. The van der Waals surface area contributed by atoms with E-state index in [0.29, 0.717) is 21.8 Å². The molecule has 0 spiro atoms. The van der Waals surface area contributed by atoms with E-state index >= 15 is 0 Å². The van der Waals surface area contributed by atoms with E-state index in [1.165, 1.54) is 12.1 Å². The number of phenolic OH excluding ortho intramolecular Hbond substituents is 2. The normalized spacial score (nSPS) is 10.7. The quantitative estimate of drug-likeness (QED) is 0.183. The molecule has 0 aliphatic heterocycles. The van der Waals surface area contributed by atoms with E-state index in [2.05, 4.69) is 9.97 Å². The van der Waals surface area contributed by atoms with Gasteiger partial charge in [-0.25, -0.2) is 0 Å². The fourth-order valence-electron chi connectivity index (χ4n) is 3.96. The van der Waals surface area contributed by atoms with Gasteiger partial charge < -0.3 is 20.2 Å². The molecule has 2 aromatic heterocycles. The molecule has 33 heavy (non-hydrogen) atoms. The third kappa shape index (κ3) is 4.11. The summed E-state index contributed by atoms with van der Waals surface area (Å²) < 4.78 is 0. The molecule has 6 nitrogen and oxygen atoms in total. The van der Waals surface area contributed by atoms with Crippen molar-refractivity contribution in [1.82, 2.24) is 9.97 Å². The Balaban J connectivity index is 0.000000152. The second kappa shape index (κ2) is 8.89. The van der Waals surface area contributed by atoms with Gasteiger partial charge in [-0.3, -0.25) is 9.59 Å². The van der Waals surface area contributed by atoms with Crippen LogP contribution < -0.4 is 11.1 Å². The van der Waals surface area contributed by atoms with Crippen LogP contribution in [0.2, 0.25) is 0 Å². The zero-order valence-electron chi connectivity index (χ0n) is 17.5. The molecule has 4 N–H and O–H groups in total. The third-order valence-corrected chi connectivity index (χ3v) is 5.44. The van der Waals surface area contributed by atoms with Crippen molar-refractivity contribution >= 4 is 43.4 Å². The summed E-state index contributed by atoms with van der Waals surface area (Å²) in [5.41, 5.74) is 1.04. The minimum atomic E-state index is -0.164. The predicted octanol–water partition coefficient (Wildman–Crippen LogP) is 4.77. The van der Waals surface area contributed by atoms with Crippen LogP contribution in [0.25, 0.3) is 43.4 Å². The second-order valence-corrected chi connectivity index (χ2v) is 7.46. The summed E-state index contributed by atoms with van der Waals surface area (Å²) in [5, 5.41) is 24.7. The van der Waals surface area contributed by atoms with Crippen LogP contribution in [0.3, 0.4) is 0 Å². The predicted molar refractivity (Wildman–Crippen MR) is 127 cm³/mol. The smallest absolute Gasteiger partial charge is 0.248 e. The first-order chi connectivity index (χ1) is 15.5. The molecule has 2 heterocycles. The Morgan fingerprint density at radius 1 is 0.485 bits per heavy atom. The van der Waals surface area contributed by atoms with Gasteiger partial charge in [-0.2, -0.15) is 0 Å². The number of benzene rings is 4. The molecule has 7 heteroatoms. The standard InChI is InChI=1S/2C13H9NO2.Zn/c2*15-10-3-1-2-8-4-5-9-6-7-11(16)14-13(9)12(8)10;/h2*1-7,15H,(H,14,16);. The molecule has 0 aliphatic carbocycles. The van der Waals surface area contributed by atoms with Crippen molar-refractivity contribution in [3.05, 3.63) is 106 Å². The van der Waals surface area contributed by atoms with Crippen LogP contribution in [0.1, 0.15) is 0 Å². The Bertz CT molecular complexity index is 1620. The summed E-state index contributed by atoms with van der Waals surface area (Å²) >= 11 is 0. The van der Waals surface area contributed by atoms with Crippen LogP contribution in [-0.2, 0) is 19.5 Å². The first-order valence-corrected chi connectivity index (χ1v) is 9.99. The maximum atomic E-state index is 11.3. The first kappa shape index (κ1) is 22.2. The van der Waals surface area contributed by atoms with Crippen molar-refractivity contribution in [1.29, 1.82) is 0 Å². The number of aromatic nitrogens is 2. The topological polar surface area (TPSA) is 106 Å². The molecule has 0 aliphatic rings. The summed E-state index contributed by atoms with van der Waals surface area (Å²) in [6.45, 7) is 0. The summed E-state index contributed by atoms with van der Waals surface area (Å²) in [6, 6.07) is 24.8. The maximum absolute atomic E-state index is 11.3. The zero-order valence-corrected chi connectivity index (χ0v) is 20.5. The summed E-state index contributed by atoms with van der Waals surface area (Å²) in [4.78, 5) is 28.1. The van der Waals surface area contributed by atoms with Crippen LogP contribution in [0.15, 0.2) is 94.5 Å². The largest absolute Gasteiger partial charge is 0.507 e. The molecule has 0 bridgehead atoms. The van der Waals surface area contributed by atoms with Crippen LogP contribution in [0.5, 0.6) is 11.5 Å². The molecule has 0 unspecified atom stereocenters. The van der Waals surface area contributed by atoms with E-state index in [4.69, 9.17) is 0 Å². The van der Waals surface area contributed by atoms with Gasteiger partial charge in [-0.1, -0.05) is 48.5 Å². The summed E-state index contributed by atoms with van der Waals surface area (Å²) in [6.07, 6.45) is 0. The van der Waals surface area contributed by atoms with Crippen LogP contribution >= 0.6 is 0 Å². The van der Waals surface area contributed by atoms with Crippen molar-refractivity contribution in [2.45, 2.75) is 0 Å². The molecule has 0 saturated carbocycles. The SMILES string of the molecule is O=c1ccc2ccc3cccc(O)c3c2[nH]1.O=c1ccc2ccc3cccc(O)c3c2[nH]1.[Zn]. The van der Waals surface area contributed by atoms with Crippen molar-refractivity contribution in [3.8, 4) is 11.5 Å². The first-order valence-electron chi connectivity index (χ1n) is 9.99. The molecular weight excluding hydrogens is 470 g/mol. The number of rotatable bonds is 0. The number of aromatic hydroxyl groups is 2. The summed E-state index contributed by atoms with van der Waals surface area (Å²) in [7, 11) is 0. The number of hydrogen-bond acceptors (Lipinski definition) is 4. The van der Waals surface area contributed by atoms with Gasteiger partial charge in [-0.15, -0.1) is 0 Å². The van der Waals surface area contributed by atoms with E-state index < -0.39 is 0 Å². The molecule has 6 rings (SSSR count). The third-order valence-electron chi connectivity index (χ3n) is 5.44. The molecular formula is C26H18N2O4Zn. The van der Waals surface area contributed by atoms with Gasteiger partial charge in [0.25, 0.3) is 0 Å². The van der Waals surface area contributed by atoms with Crippen molar-refractivity contribution < 1.29 is 29.7 Å². The fraction of sp³-hybridized carbons (Fsp3) is 0. The van der Waals surface area contributed by atoms with Crippen LogP contribution in [-0.4, -0.2) is 20.2 Å². The number of nitrogens with one attached hydrogen (secondary N) is 2. The molecule has 0 radical (unpaired) electrons. The van der Waals surface area contributed by atoms with Gasteiger partial charge in [0, 0.05) is 42.4 Å². The minimum Gasteiger partial charge on any atom is -0.507 e. The van der Waals surface area contributed by atoms with Gasteiger partial charge >= 0.3 is 0 Å². The Morgan fingerprint density at radius 3 is 1.27 bits per heavy atom. The molecule has 6 aromatic rings. The number of fused-ring (bicyclic) bond motifs is 6. The van der Waals surface area contributed by atoms with Crippen molar-refractivity contribution in [2.24, 2.45) is 0 Å².